The Labute approximate surface area is 162 Å². The summed E-state index contributed by atoms with van der Waals surface area (Å²) in [6.07, 6.45) is 4.14. The largest absolute Gasteiger partial charge is 0.497 e. The third kappa shape index (κ3) is 3.22. The van der Waals surface area contributed by atoms with Crippen LogP contribution < -0.4 is 10.3 Å². The Bertz CT molecular complexity index is 1180. The van der Waals surface area contributed by atoms with Gasteiger partial charge in [0, 0.05) is 18.3 Å². The lowest BCUT2D eigenvalue weighted by Gasteiger charge is -2.13. The predicted octanol–water partition coefficient (Wildman–Crippen LogP) is 2.07. The molecule has 0 saturated heterocycles. The summed E-state index contributed by atoms with van der Waals surface area (Å²) < 4.78 is 8.61. The van der Waals surface area contributed by atoms with Crippen molar-refractivity contribution in [2.24, 2.45) is 0 Å². The van der Waals surface area contributed by atoms with Gasteiger partial charge in [0.2, 0.25) is 0 Å². The molecule has 8 heteroatoms. The summed E-state index contributed by atoms with van der Waals surface area (Å²) in [6, 6.07) is 9.43. The minimum absolute atomic E-state index is 0.0769. The fourth-order valence-electron chi connectivity index (χ4n) is 3.31. The first-order chi connectivity index (χ1) is 13.6. The van der Waals surface area contributed by atoms with E-state index in [1.165, 1.54) is 6.33 Å². The standard InChI is InChI=1S/C20H22N6O2/c1-24(2)10-4-11-25-12-9-16-17(19(25)27)18(26-20(23-16)21-13-22-26)14-5-7-15(28-3)8-6-14/h5-9,12-13H,4,10-11H2,1-3H3. The van der Waals surface area contributed by atoms with Gasteiger partial charge in [-0.1, -0.05) is 0 Å². The minimum Gasteiger partial charge on any atom is -0.497 e. The molecular formula is C20H22N6O2. The molecule has 0 fully saturated rings. The lowest BCUT2D eigenvalue weighted by atomic mass is 10.1. The van der Waals surface area contributed by atoms with Crippen LogP contribution in [0.2, 0.25) is 0 Å². The van der Waals surface area contributed by atoms with Crippen molar-refractivity contribution >= 4 is 16.7 Å². The molecule has 0 aliphatic carbocycles. The molecule has 0 N–H and O–H groups in total. The van der Waals surface area contributed by atoms with E-state index in [0.29, 0.717) is 28.9 Å². The zero-order chi connectivity index (χ0) is 19.7. The summed E-state index contributed by atoms with van der Waals surface area (Å²) in [4.78, 5) is 24.1. The van der Waals surface area contributed by atoms with Crippen LogP contribution in [-0.2, 0) is 6.54 Å². The number of nitrogens with zero attached hydrogens (tertiary/aromatic N) is 6. The van der Waals surface area contributed by atoms with Crippen LogP contribution in [-0.4, -0.2) is 56.8 Å². The maximum Gasteiger partial charge on any atom is 0.262 e. The lowest BCUT2D eigenvalue weighted by molar-refractivity contribution is 0.385. The molecule has 0 aliphatic rings. The number of methoxy groups -OCH3 is 1. The molecule has 0 unspecified atom stereocenters. The van der Waals surface area contributed by atoms with E-state index in [-0.39, 0.29) is 5.56 Å². The highest BCUT2D eigenvalue weighted by molar-refractivity contribution is 5.93. The number of aryl methyl sites for hydroxylation is 1. The first-order valence-electron chi connectivity index (χ1n) is 9.10. The van der Waals surface area contributed by atoms with E-state index in [1.54, 1.807) is 22.4 Å². The molecule has 0 bridgehead atoms. The highest BCUT2D eigenvalue weighted by Crippen LogP contribution is 2.27. The molecule has 3 heterocycles. The second kappa shape index (κ2) is 7.40. The molecule has 3 aromatic heterocycles. The number of ether oxygens (including phenoxy) is 1. The molecule has 0 spiro atoms. The fraction of sp³-hybridized carbons (Fsp3) is 0.300. The first kappa shape index (κ1) is 18.1. The first-order valence-corrected chi connectivity index (χ1v) is 9.10. The van der Waals surface area contributed by atoms with Gasteiger partial charge >= 0.3 is 0 Å². The third-order valence-electron chi connectivity index (χ3n) is 4.71. The second-order valence-electron chi connectivity index (χ2n) is 6.89. The van der Waals surface area contributed by atoms with Gasteiger partial charge in [-0.2, -0.15) is 14.6 Å². The van der Waals surface area contributed by atoms with E-state index in [9.17, 15) is 4.79 Å². The van der Waals surface area contributed by atoms with Gasteiger partial charge in [-0.15, -0.1) is 0 Å². The van der Waals surface area contributed by atoms with Crippen molar-refractivity contribution in [2.45, 2.75) is 13.0 Å². The van der Waals surface area contributed by atoms with Gasteiger partial charge in [0.1, 0.15) is 12.1 Å². The van der Waals surface area contributed by atoms with Gasteiger partial charge in [-0.25, -0.2) is 4.98 Å². The van der Waals surface area contributed by atoms with Gasteiger partial charge in [0.15, 0.2) is 0 Å². The van der Waals surface area contributed by atoms with Crippen LogP contribution in [0.15, 0.2) is 47.7 Å². The summed E-state index contributed by atoms with van der Waals surface area (Å²) in [6.45, 7) is 1.56. The Morgan fingerprint density at radius 3 is 2.64 bits per heavy atom. The highest BCUT2D eigenvalue weighted by atomic mass is 16.5. The Hall–Kier alpha value is -3.26. The maximum absolute atomic E-state index is 13.3. The van der Waals surface area contributed by atoms with Gasteiger partial charge in [0.25, 0.3) is 11.3 Å². The number of hydrogen-bond acceptors (Lipinski definition) is 6. The van der Waals surface area contributed by atoms with Gasteiger partial charge in [0.05, 0.1) is 23.7 Å². The molecule has 28 heavy (non-hydrogen) atoms. The Morgan fingerprint density at radius 1 is 1.14 bits per heavy atom. The molecule has 4 rings (SSSR count). The quantitative estimate of drug-likeness (QED) is 0.511. The van der Waals surface area contributed by atoms with Crippen LogP contribution in [0.3, 0.4) is 0 Å². The van der Waals surface area contributed by atoms with Gasteiger partial charge in [-0.3, -0.25) is 4.79 Å². The summed E-state index contributed by atoms with van der Waals surface area (Å²) in [5, 5.41) is 4.84. The molecule has 0 saturated carbocycles. The highest BCUT2D eigenvalue weighted by Gasteiger charge is 2.17. The average Bonchev–Trinajstić information content (AvgIpc) is 3.16. The number of aromatic nitrogens is 5. The summed E-state index contributed by atoms with van der Waals surface area (Å²) in [5.74, 6) is 1.21. The van der Waals surface area contributed by atoms with Crippen molar-refractivity contribution in [3.05, 3.63) is 53.2 Å². The van der Waals surface area contributed by atoms with E-state index < -0.39 is 0 Å². The fourth-order valence-corrected chi connectivity index (χ4v) is 3.31. The molecule has 0 radical (unpaired) electrons. The Balaban J connectivity index is 1.93. The van der Waals surface area contributed by atoms with E-state index in [2.05, 4.69) is 20.0 Å². The van der Waals surface area contributed by atoms with Crippen molar-refractivity contribution < 1.29 is 4.74 Å². The number of rotatable bonds is 6. The van der Waals surface area contributed by atoms with Crippen LogP contribution in [0, 0.1) is 0 Å². The SMILES string of the molecule is COc1ccc(-c2c3c(=O)n(CCCN(C)C)ccc3nc3ncnn23)cc1. The van der Waals surface area contributed by atoms with Crippen LogP contribution in [0.1, 0.15) is 6.42 Å². The predicted molar refractivity (Wildman–Crippen MR) is 108 cm³/mol. The number of pyridine rings is 1. The van der Waals surface area contributed by atoms with Crippen LogP contribution in [0.5, 0.6) is 5.75 Å². The maximum atomic E-state index is 13.3. The molecule has 0 atom stereocenters. The summed E-state index contributed by atoms with van der Waals surface area (Å²) >= 11 is 0. The number of benzene rings is 1. The van der Waals surface area contributed by atoms with E-state index in [1.807, 2.05) is 44.4 Å². The monoisotopic (exact) mass is 378 g/mol. The minimum atomic E-state index is -0.0769. The normalized spacial score (nSPS) is 11.6. The second-order valence-corrected chi connectivity index (χ2v) is 6.89. The Morgan fingerprint density at radius 2 is 1.93 bits per heavy atom. The molecule has 1 aromatic carbocycles. The van der Waals surface area contributed by atoms with Crippen molar-refractivity contribution in [3.63, 3.8) is 0 Å². The van der Waals surface area contributed by atoms with Crippen LogP contribution >= 0.6 is 0 Å². The van der Waals surface area contributed by atoms with Crippen molar-refractivity contribution in [3.8, 4) is 17.0 Å². The molecule has 4 aromatic rings. The smallest absolute Gasteiger partial charge is 0.262 e. The molecule has 0 amide bonds. The molecule has 8 nitrogen and oxygen atoms in total. The van der Waals surface area contributed by atoms with Gasteiger partial charge < -0.3 is 14.2 Å². The number of fused-ring (bicyclic) bond motifs is 2. The lowest BCUT2D eigenvalue weighted by Crippen LogP contribution is -2.23. The van der Waals surface area contributed by atoms with E-state index >= 15 is 0 Å². The van der Waals surface area contributed by atoms with Crippen molar-refractivity contribution in [1.29, 1.82) is 0 Å². The topological polar surface area (TPSA) is 77.5 Å². The Kier molecular flexibility index (Phi) is 4.79. The van der Waals surface area contributed by atoms with Crippen molar-refractivity contribution in [1.82, 2.24) is 29.0 Å². The summed E-state index contributed by atoms with van der Waals surface area (Å²) in [5.41, 5.74) is 2.08. The van der Waals surface area contributed by atoms with Crippen molar-refractivity contribution in [2.75, 3.05) is 27.7 Å². The van der Waals surface area contributed by atoms with Crippen LogP contribution in [0.4, 0.5) is 0 Å². The van der Waals surface area contributed by atoms with E-state index in [0.717, 1.165) is 24.3 Å². The number of hydrogen-bond donors (Lipinski definition) is 0. The van der Waals surface area contributed by atoms with E-state index in [4.69, 9.17) is 4.74 Å². The molecule has 0 aliphatic heterocycles. The molecule has 144 valence electrons. The van der Waals surface area contributed by atoms with Crippen LogP contribution in [0.25, 0.3) is 27.9 Å². The average molecular weight is 378 g/mol. The zero-order valence-electron chi connectivity index (χ0n) is 16.2. The molecular weight excluding hydrogens is 356 g/mol. The third-order valence-corrected chi connectivity index (χ3v) is 4.71. The summed E-state index contributed by atoms with van der Waals surface area (Å²) in [7, 11) is 5.67. The van der Waals surface area contributed by atoms with Gasteiger partial charge in [-0.05, 0) is 57.4 Å². The zero-order valence-corrected chi connectivity index (χ0v) is 16.2.